The topological polar surface area (TPSA) is 72.4 Å². The van der Waals surface area contributed by atoms with E-state index in [1.807, 2.05) is 0 Å². The van der Waals surface area contributed by atoms with Crippen LogP contribution in [0.5, 0.6) is 0 Å². The van der Waals surface area contributed by atoms with Crippen LogP contribution in [0.3, 0.4) is 0 Å². The van der Waals surface area contributed by atoms with E-state index < -0.39 is 0 Å². The fourth-order valence-electron chi connectivity index (χ4n) is 1.41. The maximum absolute atomic E-state index is 11.4. The predicted molar refractivity (Wildman–Crippen MR) is 47.4 cm³/mol. The largest absolute Gasteiger partial charge is 0.341 e. The van der Waals surface area contributed by atoms with Crippen LogP contribution in [-0.2, 0) is 4.79 Å². The third-order valence-corrected chi connectivity index (χ3v) is 2.24. The Balaban J connectivity index is 2.39. The minimum Gasteiger partial charge on any atom is -0.341 e. The number of hydrogen-bond donors (Lipinski definition) is 2. The molecule has 1 fully saturated rings. The van der Waals surface area contributed by atoms with Gasteiger partial charge in [-0.2, -0.15) is 0 Å². The highest BCUT2D eigenvalue weighted by molar-refractivity contribution is 5.81. The smallest absolute Gasteiger partial charge is 0.239 e. The van der Waals surface area contributed by atoms with Gasteiger partial charge in [-0.3, -0.25) is 4.79 Å². The van der Waals surface area contributed by atoms with Gasteiger partial charge >= 0.3 is 0 Å². The molecule has 1 rings (SSSR count). The summed E-state index contributed by atoms with van der Waals surface area (Å²) in [5.74, 6) is 0.0434. The Morgan fingerprint density at radius 2 is 2.00 bits per heavy atom. The SMILES string of the molecule is C[C@H](N)C(=O)N1CCC(N)CC1. The lowest BCUT2D eigenvalue weighted by Crippen LogP contribution is -2.48. The number of nitrogens with zero attached hydrogens (tertiary/aromatic N) is 1. The second-order valence-corrected chi connectivity index (χ2v) is 3.45. The molecule has 0 aromatic carbocycles. The number of carbonyl (C=O) groups excluding carboxylic acids is 1. The summed E-state index contributed by atoms with van der Waals surface area (Å²) in [5.41, 5.74) is 11.2. The van der Waals surface area contributed by atoms with E-state index in [9.17, 15) is 4.79 Å². The van der Waals surface area contributed by atoms with E-state index in [1.165, 1.54) is 0 Å². The molecule has 4 nitrogen and oxygen atoms in total. The van der Waals surface area contributed by atoms with Gasteiger partial charge in [-0.05, 0) is 19.8 Å². The number of carbonyl (C=O) groups is 1. The lowest BCUT2D eigenvalue weighted by Gasteiger charge is -2.31. The first kappa shape index (κ1) is 9.48. The van der Waals surface area contributed by atoms with E-state index in [2.05, 4.69) is 0 Å². The van der Waals surface area contributed by atoms with Gasteiger partial charge in [0.25, 0.3) is 0 Å². The molecule has 0 bridgehead atoms. The molecule has 0 saturated carbocycles. The minimum absolute atomic E-state index is 0.0434. The summed E-state index contributed by atoms with van der Waals surface area (Å²) >= 11 is 0. The number of amides is 1. The molecule has 1 atom stereocenters. The first-order valence-corrected chi connectivity index (χ1v) is 4.41. The molecule has 1 saturated heterocycles. The number of rotatable bonds is 1. The number of hydrogen-bond acceptors (Lipinski definition) is 3. The van der Waals surface area contributed by atoms with Gasteiger partial charge in [0.2, 0.25) is 5.91 Å². The Labute approximate surface area is 72.9 Å². The number of likely N-dealkylation sites (tertiary alicyclic amines) is 1. The molecular weight excluding hydrogens is 154 g/mol. The van der Waals surface area contributed by atoms with Gasteiger partial charge in [0.15, 0.2) is 0 Å². The van der Waals surface area contributed by atoms with E-state index in [0.29, 0.717) is 0 Å². The van der Waals surface area contributed by atoms with Crippen LogP contribution in [0.4, 0.5) is 0 Å². The number of nitrogens with two attached hydrogens (primary N) is 2. The second-order valence-electron chi connectivity index (χ2n) is 3.45. The fraction of sp³-hybridized carbons (Fsp3) is 0.875. The van der Waals surface area contributed by atoms with E-state index in [0.717, 1.165) is 25.9 Å². The summed E-state index contributed by atoms with van der Waals surface area (Å²) in [6.07, 6.45) is 1.80. The molecule has 0 aromatic rings. The zero-order chi connectivity index (χ0) is 9.14. The van der Waals surface area contributed by atoms with Crippen molar-refractivity contribution >= 4 is 5.91 Å². The molecule has 0 unspecified atom stereocenters. The Hall–Kier alpha value is -0.610. The van der Waals surface area contributed by atoms with E-state index >= 15 is 0 Å². The lowest BCUT2D eigenvalue weighted by atomic mass is 10.1. The van der Waals surface area contributed by atoms with Gasteiger partial charge in [-0.25, -0.2) is 0 Å². The maximum Gasteiger partial charge on any atom is 0.239 e. The van der Waals surface area contributed by atoms with Crippen LogP contribution in [0.2, 0.25) is 0 Å². The van der Waals surface area contributed by atoms with Crippen LogP contribution >= 0.6 is 0 Å². The van der Waals surface area contributed by atoms with Crippen molar-refractivity contribution in [2.24, 2.45) is 11.5 Å². The monoisotopic (exact) mass is 171 g/mol. The van der Waals surface area contributed by atoms with Crippen molar-refractivity contribution in [3.05, 3.63) is 0 Å². The molecule has 0 spiro atoms. The first-order valence-electron chi connectivity index (χ1n) is 4.41. The van der Waals surface area contributed by atoms with Crippen molar-refractivity contribution in [2.45, 2.75) is 31.8 Å². The molecule has 0 aliphatic carbocycles. The van der Waals surface area contributed by atoms with Crippen LogP contribution in [0, 0.1) is 0 Å². The molecule has 1 heterocycles. The Bertz CT molecular complexity index is 162. The molecule has 0 radical (unpaired) electrons. The fourth-order valence-corrected chi connectivity index (χ4v) is 1.41. The maximum atomic E-state index is 11.4. The summed E-state index contributed by atoms with van der Waals surface area (Å²) in [5, 5.41) is 0. The van der Waals surface area contributed by atoms with Gasteiger partial charge in [0.1, 0.15) is 0 Å². The summed E-state index contributed by atoms with van der Waals surface area (Å²) in [4.78, 5) is 13.2. The van der Waals surface area contributed by atoms with E-state index in [1.54, 1.807) is 11.8 Å². The standard InChI is InChI=1S/C8H17N3O/c1-6(9)8(12)11-4-2-7(10)3-5-11/h6-7H,2-5,9-10H2,1H3/t6-/m0/s1. The Kier molecular flexibility index (Phi) is 3.05. The van der Waals surface area contributed by atoms with Crippen molar-refractivity contribution < 1.29 is 4.79 Å². The summed E-state index contributed by atoms with van der Waals surface area (Å²) < 4.78 is 0. The molecule has 1 aliphatic heterocycles. The third-order valence-electron chi connectivity index (χ3n) is 2.24. The number of piperidine rings is 1. The first-order chi connectivity index (χ1) is 5.61. The van der Waals surface area contributed by atoms with Crippen molar-refractivity contribution in [3.63, 3.8) is 0 Å². The summed E-state index contributed by atoms with van der Waals surface area (Å²) in [6.45, 7) is 3.25. The normalized spacial score (nSPS) is 22.4. The molecule has 4 heteroatoms. The van der Waals surface area contributed by atoms with Gasteiger partial charge in [0, 0.05) is 19.1 Å². The van der Waals surface area contributed by atoms with Crippen LogP contribution in [0.15, 0.2) is 0 Å². The zero-order valence-corrected chi connectivity index (χ0v) is 7.49. The summed E-state index contributed by atoms with van der Waals surface area (Å²) in [6, 6.07) is -0.110. The predicted octanol–water partition coefficient (Wildman–Crippen LogP) is -0.717. The van der Waals surface area contributed by atoms with E-state index in [-0.39, 0.29) is 18.0 Å². The highest BCUT2D eigenvalue weighted by Gasteiger charge is 2.22. The van der Waals surface area contributed by atoms with Crippen molar-refractivity contribution in [1.29, 1.82) is 0 Å². The minimum atomic E-state index is -0.376. The van der Waals surface area contributed by atoms with Crippen LogP contribution in [-0.4, -0.2) is 36.0 Å². The van der Waals surface area contributed by atoms with Gasteiger partial charge in [0.05, 0.1) is 6.04 Å². The van der Waals surface area contributed by atoms with E-state index in [4.69, 9.17) is 11.5 Å². The molecule has 70 valence electrons. The van der Waals surface area contributed by atoms with Crippen molar-refractivity contribution in [1.82, 2.24) is 4.90 Å². The van der Waals surface area contributed by atoms with Crippen LogP contribution < -0.4 is 11.5 Å². The molecule has 1 aliphatic rings. The summed E-state index contributed by atoms with van der Waals surface area (Å²) in [7, 11) is 0. The Morgan fingerprint density at radius 3 is 2.42 bits per heavy atom. The van der Waals surface area contributed by atoms with Gasteiger partial charge in [-0.1, -0.05) is 0 Å². The molecule has 4 N–H and O–H groups in total. The highest BCUT2D eigenvalue weighted by Crippen LogP contribution is 2.08. The Morgan fingerprint density at radius 1 is 1.50 bits per heavy atom. The highest BCUT2D eigenvalue weighted by atomic mass is 16.2. The molecule has 0 aromatic heterocycles. The molecule has 1 amide bonds. The van der Waals surface area contributed by atoms with Crippen molar-refractivity contribution in [2.75, 3.05) is 13.1 Å². The second kappa shape index (κ2) is 3.87. The zero-order valence-electron chi connectivity index (χ0n) is 7.49. The van der Waals surface area contributed by atoms with Crippen molar-refractivity contribution in [3.8, 4) is 0 Å². The average Bonchev–Trinajstić information content (AvgIpc) is 2.04. The third kappa shape index (κ3) is 2.19. The quantitative estimate of drug-likeness (QED) is 0.547. The lowest BCUT2D eigenvalue weighted by molar-refractivity contribution is -0.133. The van der Waals surface area contributed by atoms with Crippen LogP contribution in [0.1, 0.15) is 19.8 Å². The van der Waals surface area contributed by atoms with Gasteiger partial charge in [-0.15, -0.1) is 0 Å². The molecule has 12 heavy (non-hydrogen) atoms. The average molecular weight is 171 g/mol. The van der Waals surface area contributed by atoms with Crippen LogP contribution in [0.25, 0.3) is 0 Å². The van der Waals surface area contributed by atoms with Gasteiger partial charge < -0.3 is 16.4 Å². The molecular formula is C8H17N3O.